The van der Waals surface area contributed by atoms with Gasteiger partial charge >= 0.3 is 11.9 Å². The van der Waals surface area contributed by atoms with Gasteiger partial charge in [0, 0.05) is 63.4 Å². The molecule has 0 radical (unpaired) electrons. The Labute approximate surface area is 325 Å². The molecule has 0 saturated carbocycles. The number of aliphatic hydroxyl groups is 1. The zero-order chi connectivity index (χ0) is 39.9. The molecule has 1 aliphatic carbocycles. The van der Waals surface area contributed by atoms with Crippen LogP contribution in [0.1, 0.15) is 126 Å². The van der Waals surface area contributed by atoms with Gasteiger partial charge in [-0.25, -0.2) is 0 Å². The molecule has 2 saturated heterocycles. The summed E-state index contributed by atoms with van der Waals surface area (Å²) in [5.74, 6) is -1.09. The third-order valence-electron chi connectivity index (χ3n) is 12.6. The SMILES string of the molecule is CC[C@H]1/C2=C/c3[nH]c4c(c3C)=C(O)[C@H](C(=O)OC)C=4C3N/C(=C\c4[nH]c(c(C(C)=O)c4C)/C=C(\N2)[C@@H]1C)[C@@H](C)[C@@H]3CCC(=O)OC/C=C(\C)CCCC(C)C. The van der Waals surface area contributed by atoms with Gasteiger partial charge in [0.05, 0.1) is 24.2 Å². The minimum absolute atomic E-state index is 0.0193. The molecule has 8 bridgehead atoms. The summed E-state index contributed by atoms with van der Waals surface area (Å²) in [4.78, 5) is 47.2. The molecule has 10 heteroatoms. The Hall–Kier alpha value is -4.73. The van der Waals surface area contributed by atoms with E-state index in [1.165, 1.54) is 19.1 Å². The lowest BCUT2D eigenvalue weighted by molar-refractivity contribution is -0.143. The number of nitrogens with one attached hydrogen (secondary N) is 4. The number of hydrogen-bond acceptors (Lipinski definition) is 8. The topological polar surface area (TPSA) is 146 Å². The van der Waals surface area contributed by atoms with Crippen molar-refractivity contribution in [1.82, 2.24) is 20.6 Å². The second kappa shape index (κ2) is 16.2. The van der Waals surface area contributed by atoms with Gasteiger partial charge in [0.2, 0.25) is 0 Å². The van der Waals surface area contributed by atoms with Crippen molar-refractivity contribution in [2.24, 2.45) is 35.5 Å². The summed E-state index contributed by atoms with van der Waals surface area (Å²) in [6, 6.07) is -0.433. The highest BCUT2D eigenvalue weighted by atomic mass is 16.5. The van der Waals surface area contributed by atoms with E-state index in [9.17, 15) is 19.5 Å². The molecule has 0 spiro atoms. The number of ketones is 1. The lowest BCUT2D eigenvalue weighted by atomic mass is 9.80. The lowest BCUT2D eigenvalue weighted by Gasteiger charge is -2.26. The van der Waals surface area contributed by atoms with Crippen molar-refractivity contribution in [2.75, 3.05) is 13.7 Å². The van der Waals surface area contributed by atoms with Crippen LogP contribution in [-0.4, -0.2) is 52.6 Å². The van der Waals surface area contributed by atoms with Crippen LogP contribution < -0.4 is 21.2 Å². The van der Waals surface area contributed by atoms with E-state index in [0.29, 0.717) is 34.0 Å². The molecule has 296 valence electrons. The van der Waals surface area contributed by atoms with E-state index in [2.05, 4.69) is 80.4 Å². The van der Waals surface area contributed by atoms with Gasteiger partial charge in [-0.2, -0.15) is 0 Å². The van der Waals surface area contributed by atoms with Crippen molar-refractivity contribution < 1.29 is 29.0 Å². The Morgan fingerprint density at radius 3 is 2.29 bits per heavy atom. The van der Waals surface area contributed by atoms with Crippen molar-refractivity contribution in [1.29, 1.82) is 0 Å². The molecule has 3 aliphatic heterocycles. The van der Waals surface area contributed by atoms with Gasteiger partial charge in [0.15, 0.2) is 5.78 Å². The molecule has 5 N–H and O–H groups in total. The van der Waals surface area contributed by atoms with Crippen molar-refractivity contribution in [3.8, 4) is 0 Å². The maximum absolute atomic E-state index is 13.6. The van der Waals surface area contributed by atoms with E-state index < -0.39 is 17.9 Å². The standard InChI is InChI=1S/C45H60N4O6/c1-11-29-24(5)31-21-36-38(28(9)50)26(7)33(47-36)19-32-25(6)30(15-16-37(51)55-18-17-23(4)14-12-13-22(2)3)42(48-32)40-41(45(53)54-10)44(52)39-27(8)34(49-43(39)40)20-35(29)46-31/h17,19-22,24-25,29-30,41-42,46-49,52H,11-16,18H2,1-10H3/b23-17+,31-21-,32-19-,35-20-/t24-,25+,29-,30+,41-,42?/m1/s1. The Kier molecular flexibility index (Phi) is 11.7. The molecule has 4 aliphatic rings. The van der Waals surface area contributed by atoms with Gasteiger partial charge in [0.25, 0.3) is 0 Å². The number of hydrogen-bond donors (Lipinski definition) is 5. The van der Waals surface area contributed by atoms with Crippen LogP contribution in [0.3, 0.4) is 0 Å². The van der Waals surface area contributed by atoms with Gasteiger partial charge in [-0.3, -0.25) is 14.4 Å². The normalized spacial score (nSPS) is 27.2. The third kappa shape index (κ3) is 7.61. The van der Waals surface area contributed by atoms with Gasteiger partial charge < -0.3 is 35.2 Å². The number of fused-ring (bicyclic) bond motifs is 8. The summed E-state index contributed by atoms with van der Waals surface area (Å²) in [7, 11) is 1.34. The van der Waals surface area contributed by atoms with Crippen LogP contribution in [0.25, 0.3) is 29.6 Å². The third-order valence-corrected chi connectivity index (χ3v) is 12.6. The molecule has 10 nitrogen and oxygen atoms in total. The Morgan fingerprint density at radius 1 is 0.927 bits per heavy atom. The molecule has 0 amide bonds. The van der Waals surface area contributed by atoms with Crippen molar-refractivity contribution in [3.05, 3.63) is 73.1 Å². The maximum Gasteiger partial charge on any atom is 0.320 e. The average Bonchev–Trinajstić information content (AvgIpc) is 3.87. The number of methoxy groups -OCH3 is 1. The number of aromatic nitrogens is 2. The van der Waals surface area contributed by atoms with E-state index >= 15 is 0 Å². The first kappa shape index (κ1) is 39.9. The Bertz CT molecular complexity index is 2120. The smallest absolute Gasteiger partial charge is 0.320 e. The van der Waals surface area contributed by atoms with Crippen LogP contribution in [-0.2, 0) is 19.1 Å². The van der Waals surface area contributed by atoms with Crippen LogP contribution in [0, 0.1) is 49.4 Å². The zero-order valence-corrected chi connectivity index (χ0v) is 34.3. The first-order valence-corrected chi connectivity index (χ1v) is 20.1. The molecule has 0 aromatic carbocycles. The molecule has 6 rings (SSSR count). The number of esters is 2. The average molecular weight is 753 g/mol. The maximum atomic E-state index is 13.6. The fourth-order valence-corrected chi connectivity index (χ4v) is 9.34. The number of aliphatic hydroxyl groups excluding tert-OH is 1. The number of H-pyrrole nitrogens is 2. The summed E-state index contributed by atoms with van der Waals surface area (Å²) >= 11 is 0. The van der Waals surface area contributed by atoms with E-state index in [1.54, 1.807) is 6.92 Å². The summed E-state index contributed by atoms with van der Waals surface area (Å²) in [6.45, 7) is 18.8. The van der Waals surface area contributed by atoms with E-state index in [-0.39, 0.29) is 54.2 Å². The molecule has 2 aromatic rings. The molecule has 6 atom stereocenters. The fourth-order valence-electron chi connectivity index (χ4n) is 9.34. The first-order chi connectivity index (χ1) is 26.2. The number of aromatic amines is 2. The summed E-state index contributed by atoms with van der Waals surface area (Å²) in [5, 5.41) is 20.6. The predicted molar refractivity (Wildman–Crippen MR) is 217 cm³/mol. The Balaban J connectivity index is 1.45. The quantitative estimate of drug-likeness (QED) is 0.0877. The van der Waals surface area contributed by atoms with Crippen LogP contribution in [0.4, 0.5) is 0 Å². The molecule has 2 aromatic heterocycles. The minimum Gasteiger partial charge on any atom is -0.510 e. The van der Waals surface area contributed by atoms with Gasteiger partial charge in [0.1, 0.15) is 18.3 Å². The van der Waals surface area contributed by atoms with Crippen molar-refractivity contribution in [3.63, 3.8) is 0 Å². The summed E-state index contributed by atoms with van der Waals surface area (Å²) in [5.41, 5.74) is 9.65. The van der Waals surface area contributed by atoms with Crippen LogP contribution in [0.5, 0.6) is 0 Å². The molecular weight excluding hydrogens is 693 g/mol. The summed E-state index contributed by atoms with van der Waals surface area (Å²) in [6.07, 6.45) is 13.1. The predicted octanol–water partition coefficient (Wildman–Crippen LogP) is 7.10. The van der Waals surface area contributed by atoms with Gasteiger partial charge in [-0.05, 0) is 106 Å². The molecule has 55 heavy (non-hydrogen) atoms. The highest BCUT2D eigenvalue weighted by molar-refractivity contribution is 6.00. The van der Waals surface area contributed by atoms with E-state index in [0.717, 1.165) is 64.6 Å². The molecule has 5 heterocycles. The molecule has 1 unspecified atom stereocenters. The van der Waals surface area contributed by atoms with Crippen LogP contribution >= 0.6 is 0 Å². The number of carbonyl (C=O) groups is 3. The first-order valence-electron chi connectivity index (χ1n) is 20.1. The second-order valence-corrected chi connectivity index (χ2v) is 16.6. The zero-order valence-electron chi connectivity index (χ0n) is 34.3. The minimum atomic E-state index is -1.02. The van der Waals surface area contributed by atoms with Gasteiger partial charge in [-0.15, -0.1) is 0 Å². The highest BCUT2D eigenvalue weighted by Crippen LogP contribution is 2.43. The number of Topliss-reactive ketones (excluding diaryl/α,β-unsaturated/α-hetero) is 1. The number of ether oxygens (including phenoxy) is 2. The largest absolute Gasteiger partial charge is 0.510 e. The lowest BCUT2D eigenvalue weighted by Crippen LogP contribution is -2.38. The molecule has 2 fully saturated rings. The van der Waals surface area contributed by atoms with Gasteiger partial charge in [-0.1, -0.05) is 46.6 Å². The monoisotopic (exact) mass is 752 g/mol. The Morgan fingerprint density at radius 2 is 1.62 bits per heavy atom. The molecular formula is C45H60N4O6. The summed E-state index contributed by atoms with van der Waals surface area (Å²) < 4.78 is 11.0. The number of carbonyl (C=O) groups excluding carboxylic acids is 3. The highest BCUT2D eigenvalue weighted by Gasteiger charge is 2.47. The fraction of sp³-hybridized carbons (Fsp3) is 0.533. The van der Waals surface area contributed by atoms with Crippen LogP contribution in [0.15, 0.2) is 28.7 Å². The second-order valence-electron chi connectivity index (χ2n) is 16.6. The number of allylic oxidation sites excluding steroid dienone is 4. The van der Waals surface area contributed by atoms with E-state index in [1.807, 2.05) is 19.9 Å². The van der Waals surface area contributed by atoms with E-state index in [4.69, 9.17) is 9.47 Å². The number of rotatable bonds is 12. The van der Waals surface area contributed by atoms with Crippen LogP contribution in [0.2, 0.25) is 0 Å². The van der Waals surface area contributed by atoms with Crippen molar-refractivity contribution in [2.45, 2.75) is 107 Å². The van der Waals surface area contributed by atoms with Crippen molar-refractivity contribution >= 4 is 47.3 Å².